The van der Waals surface area contributed by atoms with E-state index in [-0.39, 0.29) is 11.7 Å². The third-order valence-electron chi connectivity index (χ3n) is 3.27. The summed E-state index contributed by atoms with van der Waals surface area (Å²) in [6.07, 6.45) is 0.941. The third-order valence-corrected chi connectivity index (χ3v) is 3.27. The third kappa shape index (κ3) is 2.61. The van der Waals surface area contributed by atoms with Crippen LogP contribution in [0.15, 0.2) is 35.5 Å². The predicted molar refractivity (Wildman–Crippen MR) is 71.5 cm³/mol. The van der Waals surface area contributed by atoms with E-state index in [1.54, 1.807) is 12.1 Å². The second-order valence-electron chi connectivity index (χ2n) is 4.09. The Balaban J connectivity index is 2.98. The summed E-state index contributed by atoms with van der Waals surface area (Å²) in [5, 5.41) is 14.6. The minimum absolute atomic E-state index is 0.0547. The van der Waals surface area contributed by atoms with Gasteiger partial charge in [-0.15, -0.1) is 0 Å². The minimum Gasteiger partial charge on any atom is -0.409 e. The monoisotopic (exact) mass is 249 g/mol. The number of carbonyl (C=O) groups excluding carboxylic acids is 1. The van der Waals surface area contributed by atoms with Crippen molar-refractivity contribution in [2.24, 2.45) is 16.3 Å². The summed E-state index contributed by atoms with van der Waals surface area (Å²) >= 11 is 0. The van der Waals surface area contributed by atoms with Gasteiger partial charge in [0, 0.05) is 5.69 Å². The number of nitrogens with zero attached hydrogens (tertiary/aromatic N) is 1. The number of benzene rings is 1. The molecule has 0 spiro atoms. The molecule has 5 heteroatoms. The molecule has 4 N–H and O–H groups in total. The highest BCUT2D eigenvalue weighted by Gasteiger charge is 2.39. The largest absolute Gasteiger partial charge is 0.409 e. The van der Waals surface area contributed by atoms with Crippen LogP contribution < -0.4 is 11.1 Å². The SMILES string of the molecule is CCC(CC)(C(=O)Nc1ccccc1)C(N)=NO. The van der Waals surface area contributed by atoms with Crippen LogP contribution in [0.1, 0.15) is 26.7 Å². The molecule has 1 aromatic rings. The lowest BCUT2D eigenvalue weighted by atomic mass is 9.80. The Kier molecular flexibility index (Phi) is 4.71. The molecular formula is C13H19N3O2. The van der Waals surface area contributed by atoms with Crippen molar-refractivity contribution in [1.82, 2.24) is 0 Å². The smallest absolute Gasteiger partial charge is 0.238 e. The molecule has 0 aliphatic rings. The van der Waals surface area contributed by atoms with E-state index in [1.165, 1.54) is 0 Å². The minimum atomic E-state index is -0.968. The van der Waals surface area contributed by atoms with E-state index in [9.17, 15) is 4.79 Å². The zero-order chi connectivity index (χ0) is 13.6. The van der Waals surface area contributed by atoms with E-state index in [0.29, 0.717) is 18.5 Å². The van der Waals surface area contributed by atoms with Crippen molar-refractivity contribution in [3.8, 4) is 0 Å². The summed E-state index contributed by atoms with van der Waals surface area (Å²) < 4.78 is 0. The van der Waals surface area contributed by atoms with Crippen molar-refractivity contribution >= 4 is 17.4 Å². The van der Waals surface area contributed by atoms with Gasteiger partial charge in [0.25, 0.3) is 0 Å². The average molecular weight is 249 g/mol. The highest BCUT2D eigenvalue weighted by atomic mass is 16.4. The molecule has 0 saturated carbocycles. The van der Waals surface area contributed by atoms with E-state index < -0.39 is 5.41 Å². The fourth-order valence-corrected chi connectivity index (χ4v) is 1.92. The molecule has 1 amide bonds. The molecule has 0 heterocycles. The van der Waals surface area contributed by atoms with Crippen molar-refractivity contribution in [3.63, 3.8) is 0 Å². The molecule has 0 radical (unpaired) electrons. The van der Waals surface area contributed by atoms with Crippen LogP contribution in [0.3, 0.4) is 0 Å². The van der Waals surface area contributed by atoms with Crippen molar-refractivity contribution in [3.05, 3.63) is 30.3 Å². The van der Waals surface area contributed by atoms with Gasteiger partial charge < -0.3 is 16.3 Å². The number of hydrogen-bond acceptors (Lipinski definition) is 3. The number of hydrogen-bond donors (Lipinski definition) is 3. The Morgan fingerprint density at radius 3 is 2.33 bits per heavy atom. The lowest BCUT2D eigenvalue weighted by Gasteiger charge is -2.28. The number of rotatable bonds is 5. The Morgan fingerprint density at radius 2 is 1.89 bits per heavy atom. The van der Waals surface area contributed by atoms with Gasteiger partial charge in [-0.3, -0.25) is 4.79 Å². The first-order valence-electron chi connectivity index (χ1n) is 5.95. The number of nitrogens with two attached hydrogens (primary N) is 1. The zero-order valence-corrected chi connectivity index (χ0v) is 10.7. The van der Waals surface area contributed by atoms with E-state index >= 15 is 0 Å². The molecule has 0 aliphatic carbocycles. The Morgan fingerprint density at radius 1 is 1.33 bits per heavy atom. The number of carbonyl (C=O) groups is 1. The Bertz CT molecular complexity index is 425. The first-order valence-corrected chi connectivity index (χ1v) is 5.95. The van der Waals surface area contributed by atoms with E-state index in [0.717, 1.165) is 0 Å². The predicted octanol–water partition coefficient (Wildman–Crippen LogP) is 2.18. The average Bonchev–Trinajstić information content (AvgIpc) is 2.41. The van der Waals surface area contributed by atoms with Gasteiger partial charge in [-0.1, -0.05) is 37.2 Å². The van der Waals surface area contributed by atoms with Gasteiger partial charge in [0.1, 0.15) is 5.41 Å². The summed E-state index contributed by atoms with van der Waals surface area (Å²) in [6.45, 7) is 3.68. The van der Waals surface area contributed by atoms with Crippen LogP contribution in [-0.2, 0) is 4.79 Å². The number of oxime groups is 1. The normalized spacial score (nSPS) is 12.2. The van der Waals surface area contributed by atoms with E-state index in [4.69, 9.17) is 10.9 Å². The van der Waals surface area contributed by atoms with Crippen LogP contribution in [0.2, 0.25) is 0 Å². The molecular weight excluding hydrogens is 230 g/mol. The fraction of sp³-hybridized carbons (Fsp3) is 0.385. The number of nitrogens with one attached hydrogen (secondary N) is 1. The molecule has 0 unspecified atom stereocenters. The first-order chi connectivity index (χ1) is 8.60. The van der Waals surface area contributed by atoms with Crippen LogP contribution in [0.5, 0.6) is 0 Å². The van der Waals surface area contributed by atoms with Crippen LogP contribution in [-0.4, -0.2) is 17.0 Å². The van der Waals surface area contributed by atoms with Crippen LogP contribution in [0.4, 0.5) is 5.69 Å². The van der Waals surface area contributed by atoms with Crippen LogP contribution >= 0.6 is 0 Å². The Labute approximate surface area is 107 Å². The van der Waals surface area contributed by atoms with Gasteiger partial charge in [0.15, 0.2) is 5.84 Å². The quantitative estimate of drug-likeness (QED) is 0.323. The molecule has 0 aromatic heterocycles. The maximum atomic E-state index is 12.3. The second kappa shape index (κ2) is 6.05. The topological polar surface area (TPSA) is 87.7 Å². The first kappa shape index (κ1) is 14.0. The van der Waals surface area contributed by atoms with Crippen molar-refractivity contribution in [2.45, 2.75) is 26.7 Å². The molecule has 1 rings (SSSR count). The molecule has 0 aliphatic heterocycles. The standard InChI is InChI=1S/C13H19N3O2/c1-3-13(4-2,11(14)16-18)12(17)15-10-8-6-5-7-9-10/h5-9,18H,3-4H2,1-2H3,(H2,14,16)(H,15,17). The van der Waals surface area contributed by atoms with Gasteiger partial charge in [0.2, 0.25) is 5.91 Å². The Hall–Kier alpha value is -2.04. The van der Waals surface area contributed by atoms with Gasteiger partial charge in [-0.2, -0.15) is 0 Å². The lowest BCUT2D eigenvalue weighted by molar-refractivity contribution is -0.122. The van der Waals surface area contributed by atoms with Crippen LogP contribution in [0.25, 0.3) is 0 Å². The second-order valence-corrected chi connectivity index (χ2v) is 4.09. The molecule has 0 bridgehead atoms. The van der Waals surface area contributed by atoms with Crippen molar-refractivity contribution < 1.29 is 10.0 Å². The summed E-state index contributed by atoms with van der Waals surface area (Å²) in [5.74, 6) is -0.310. The molecule has 0 saturated heterocycles. The maximum Gasteiger partial charge on any atom is 0.238 e. The van der Waals surface area contributed by atoms with Gasteiger partial charge in [0.05, 0.1) is 0 Å². The molecule has 0 atom stereocenters. The number of para-hydroxylation sites is 1. The number of amidine groups is 1. The fourth-order valence-electron chi connectivity index (χ4n) is 1.92. The molecule has 18 heavy (non-hydrogen) atoms. The van der Waals surface area contributed by atoms with E-state index in [1.807, 2.05) is 32.0 Å². The van der Waals surface area contributed by atoms with E-state index in [2.05, 4.69) is 10.5 Å². The number of anilines is 1. The summed E-state index contributed by atoms with van der Waals surface area (Å²) in [5.41, 5.74) is 5.39. The summed E-state index contributed by atoms with van der Waals surface area (Å²) in [7, 11) is 0. The van der Waals surface area contributed by atoms with Crippen molar-refractivity contribution in [1.29, 1.82) is 0 Å². The highest BCUT2D eigenvalue weighted by molar-refractivity contribution is 6.11. The molecule has 0 fully saturated rings. The summed E-state index contributed by atoms with van der Waals surface area (Å²) in [6, 6.07) is 9.12. The summed E-state index contributed by atoms with van der Waals surface area (Å²) in [4.78, 5) is 12.3. The van der Waals surface area contributed by atoms with Crippen molar-refractivity contribution in [2.75, 3.05) is 5.32 Å². The molecule has 98 valence electrons. The van der Waals surface area contributed by atoms with Crippen LogP contribution in [0, 0.1) is 5.41 Å². The molecule has 1 aromatic carbocycles. The maximum absolute atomic E-state index is 12.3. The lowest BCUT2D eigenvalue weighted by Crippen LogP contribution is -2.46. The highest BCUT2D eigenvalue weighted by Crippen LogP contribution is 2.28. The van der Waals surface area contributed by atoms with Gasteiger partial charge >= 0.3 is 0 Å². The zero-order valence-electron chi connectivity index (χ0n) is 10.7. The number of amides is 1. The van der Waals surface area contributed by atoms with Gasteiger partial charge in [-0.25, -0.2) is 0 Å². The van der Waals surface area contributed by atoms with Gasteiger partial charge in [-0.05, 0) is 25.0 Å². The molecule has 5 nitrogen and oxygen atoms in total.